The summed E-state index contributed by atoms with van der Waals surface area (Å²) in [6, 6.07) is 7.00. The standard InChI is InChI=1S/C13H13ClN2O2/c1-15-11(7-12(17)18)9-4-5-10(14)8-3-2-6-16-13(8)9/h2-6,11,15H,7H2,1H3,(H,17,18). The SMILES string of the molecule is CNC(CC(=O)O)c1ccc(Cl)c2cccnc12. The fourth-order valence-corrected chi connectivity index (χ4v) is 2.20. The Bertz CT molecular complexity index is 586. The maximum Gasteiger partial charge on any atom is 0.305 e. The number of pyridine rings is 1. The fraction of sp³-hybridized carbons (Fsp3) is 0.231. The van der Waals surface area contributed by atoms with E-state index in [0.717, 1.165) is 16.5 Å². The third-order valence-electron chi connectivity index (χ3n) is 2.85. The number of hydrogen-bond acceptors (Lipinski definition) is 3. The summed E-state index contributed by atoms with van der Waals surface area (Å²) in [7, 11) is 1.73. The highest BCUT2D eigenvalue weighted by molar-refractivity contribution is 6.35. The molecule has 0 aliphatic rings. The van der Waals surface area contributed by atoms with Gasteiger partial charge in [-0.15, -0.1) is 0 Å². The Labute approximate surface area is 110 Å². The monoisotopic (exact) mass is 264 g/mol. The molecule has 5 heteroatoms. The maximum absolute atomic E-state index is 10.9. The van der Waals surface area contributed by atoms with E-state index in [1.165, 1.54) is 0 Å². The predicted molar refractivity (Wildman–Crippen MR) is 70.8 cm³/mol. The molecule has 0 aliphatic carbocycles. The van der Waals surface area contributed by atoms with E-state index in [-0.39, 0.29) is 12.5 Å². The van der Waals surface area contributed by atoms with Crippen LogP contribution in [0.1, 0.15) is 18.0 Å². The molecule has 0 bridgehead atoms. The molecule has 0 fully saturated rings. The summed E-state index contributed by atoms with van der Waals surface area (Å²) in [6.07, 6.45) is 1.68. The van der Waals surface area contributed by atoms with Gasteiger partial charge in [-0.05, 0) is 30.8 Å². The van der Waals surface area contributed by atoms with E-state index in [2.05, 4.69) is 10.3 Å². The van der Waals surface area contributed by atoms with E-state index in [1.807, 2.05) is 18.2 Å². The molecule has 18 heavy (non-hydrogen) atoms. The number of halogens is 1. The van der Waals surface area contributed by atoms with Gasteiger partial charge in [0.25, 0.3) is 0 Å². The van der Waals surface area contributed by atoms with E-state index < -0.39 is 5.97 Å². The minimum atomic E-state index is -0.853. The molecule has 0 spiro atoms. The van der Waals surface area contributed by atoms with Gasteiger partial charge in [-0.2, -0.15) is 0 Å². The number of aliphatic carboxylic acids is 1. The van der Waals surface area contributed by atoms with Gasteiger partial charge in [0.1, 0.15) is 0 Å². The Hall–Kier alpha value is -1.65. The van der Waals surface area contributed by atoms with Crippen molar-refractivity contribution in [3.8, 4) is 0 Å². The molecule has 1 aromatic carbocycles. The third kappa shape index (κ3) is 2.44. The number of hydrogen-bond donors (Lipinski definition) is 2. The highest BCUT2D eigenvalue weighted by atomic mass is 35.5. The van der Waals surface area contributed by atoms with Gasteiger partial charge >= 0.3 is 5.97 Å². The van der Waals surface area contributed by atoms with E-state index in [4.69, 9.17) is 16.7 Å². The minimum Gasteiger partial charge on any atom is -0.481 e. The molecular formula is C13H13ClN2O2. The van der Waals surface area contributed by atoms with Crippen LogP contribution in [0, 0.1) is 0 Å². The second-order valence-electron chi connectivity index (χ2n) is 3.98. The van der Waals surface area contributed by atoms with Crippen molar-refractivity contribution < 1.29 is 9.90 Å². The molecular weight excluding hydrogens is 252 g/mol. The number of benzene rings is 1. The van der Waals surface area contributed by atoms with Crippen LogP contribution in [0.4, 0.5) is 0 Å². The number of carboxylic acids is 1. The van der Waals surface area contributed by atoms with Crippen LogP contribution in [0.3, 0.4) is 0 Å². The lowest BCUT2D eigenvalue weighted by atomic mass is 10.0. The molecule has 0 aliphatic heterocycles. The van der Waals surface area contributed by atoms with Crippen molar-refractivity contribution in [2.75, 3.05) is 7.05 Å². The topological polar surface area (TPSA) is 62.2 Å². The van der Waals surface area contributed by atoms with Crippen molar-refractivity contribution in [2.24, 2.45) is 0 Å². The predicted octanol–water partition coefficient (Wildman–Crippen LogP) is 2.62. The summed E-state index contributed by atoms with van der Waals surface area (Å²) in [4.78, 5) is 15.2. The molecule has 4 nitrogen and oxygen atoms in total. The van der Waals surface area contributed by atoms with Crippen LogP contribution in [0.5, 0.6) is 0 Å². The Morgan fingerprint density at radius 2 is 2.28 bits per heavy atom. The summed E-state index contributed by atoms with van der Waals surface area (Å²) in [5.74, 6) is -0.853. The molecule has 2 aromatic rings. The largest absolute Gasteiger partial charge is 0.481 e. The second-order valence-corrected chi connectivity index (χ2v) is 4.38. The van der Waals surface area contributed by atoms with Gasteiger partial charge in [0.2, 0.25) is 0 Å². The van der Waals surface area contributed by atoms with Gasteiger partial charge < -0.3 is 10.4 Å². The van der Waals surface area contributed by atoms with Crippen LogP contribution >= 0.6 is 11.6 Å². The Balaban J connectivity index is 2.56. The van der Waals surface area contributed by atoms with E-state index in [9.17, 15) is 4.79 Å². The number of rotatable bonds is 4. The first-order chi connectivity index (χ1) is 8.63. The van der Waals surface area contributed by atoms with Crippen LogP contribution < -0.4 is 5.32 Å². The first kappa shape index (κ1) is 12.8. The van der Waals surface area contributed by atoms with Crippen molar-refractivity contribution in [3.05, 3.63) is 41.0 Å². The quantitative estimate of drug-likeness (QED) is 0.891. The highest BCUT2D eigenvalue weighted by Crippen LogP contribution is 2.29. The number of carboxylic acid groups (broad SMARTS) is 1. The lowest BCUT2D eigenvalue weighted by Crippen LogP contribution is -2.20. The normalized spacial score (nSPS) is 12.6. The van der Waals surface area contributed by atoms with Gasteiger partial charge in [0.05, 0.1) is 11.9 Å². The summed E-state index contributed by atoms with van der Waals surface area (Å²) < 4.78 is 0. The lowest BCUT2D eigenvalue weighted by molar-refractivity contribution is -0.137. The summed E-state index contributed by atoms with van der Waals surface area (Å²) in [5.41, 5.74) is 1.59. The zero-order valence-corrected chi connectivity index (χ0v) is 10.6. The van der Waals surface area contributed by atoms with Gasteiger partial charge in [0, 0.05) is 22.6 Å². The van der Waals surface area contributed by atoms with E-state index >= 15 is 0 Å². The molecule has 0 radical (unpaired) electrons. The number of nitrogens with zero attached hydrogens (tertiary/aromatic N) is 1. The molecule has 0 saturated carbocycles. The third-order valence-corrected chi connectivity index (χ3v) is 3.18. The van der Waals surface area contributed by atoms with Crippen LogP contribution in [0.25, 0.3) is 10.9 Å². The second kappa shape index (κ2) is 5.33. The first-order valence-electron chi connectivity index (χ1n) is 5.55. The Morgan fingerprint density at radius 1 is 1.50 bits per heavy atom. The number of fused-ring (bicyclic) bond motifs is 1. The maximum atomic E-state index is 10.9. The van der Waals surface area contributed by atoms with Crippen LogP contribution in [0.15, 0.2) is 30.5 Å². The lowest BCUT2D eigenvalue weighted by Gasteiger charge is -2.16. The van der Waals surface area contributed by atoms with Gasteiger partial charge in [0.15, 0.2) is 0 Å². The molecule has 1 atom stereocenters. The van der Waals surface area contributed by atoms with Crippen molar-refractivity contribution in [1.82, 2.24) is 10.3 Å². The van der Waals surface area contributed by atoms with Crippen molar-refractivity contribution >= 4 is 28.5 Å². The van der Waals surface area contributed by atoms with Crippen molar-refractivity contribution in [3.63, 3.8) is 0 Å². The molecule has 1 heterocycles. The zero-order chi connectivity index (χ0) is 13.1. The Morgan fingerprint density at radius 3 is 2.94 bits per heavy atom. The molecule has 1 unspecified atom stereocenters. The van der Waals surface area contributed by atoms with E-state index in [1.54, 1.807) is 19.3 Å². The van der Waals surface area contributed by atoms with Crippen molar-refractivity contribution in [2.45, 2.75) is 12.5 Å². The summed E-state index contributed by atoms with van der Waals surface area (Å²) in [6.45, 7) is 0. The molecule has 2 rings (SSSR count). The molecule has 0 saturated heterocycles. The Kier molecular flexibility index (Phi) is 3.79. The zero-order valence-electron chi connectivity index (χ0n) is 9.85. The van der Waals surface area contributed by atoms with Crippen LogP contribution in [-0.4, -0.2) is 23.1 Å². The molecule has 2 N–H and O–H groups in total. The summed E-state index contributed by atoms with van der Waals surface area (Å²) in [5, 5.41) is 13.4. The van der Waals surface area contributed by atoms with Gasteiger partial charge in [-0.3, -0.25) is 9.78 Å². The van der Waals surface area contributed by atoms with Gasteiger partial charge in [-0.25, -0.2) is 0 Å². The van der Waals surface area contributed by atoms with Crippen LogP contribution in [0.2, 0.25) is 5.02 Å². The summed E-state index contributed by atoms with van der Waals surface area (Å²) >= 11 is 6.11. The molecule has 1 aromatic heterocycles. The molecule has 0 amide bonds. The fourth-order valence-electron chi connectivity index (χ4n) is 1.98. The average Bonchev–Trinajstić information content (AvgIpc) is 2.37. The van der Waals surface area contributed by atoms with Gasteiger partial charge in [-0.1, -0.05) is 17.7 Å². The smallest absolute Gasteiger partial charge is 0.305 e. The van der Waals surface area contributed by atoms with Crippen molar-refractivity contribution in [1.29, 1.82) is 0 Å². The van der Waals surface area contributed by atoms with E-state index in [0.29, 0.717) is 5.02 Å². The minimum absolute atomic E-state index is 0.00378. The average molecular weight is 265 g/mol. The van der Waals surface area contributed by atoms with Crippen LogP contribution in [-0.2, 0) is 4.79 Å². The number of nitrogens with one attached hydrogen (secondary N) is 1. The highest BCUT2D eigenvalue weighted by Gasteiger charge is 2.17. The number of carbonyl (C=O) groups is 1. The number of aromatic nitrogens is 1. The first-order valence-corrected chi connectivity index (χ1v) is 5.93. The molecule has 94 valence electrons.